The molecule has 0 atom stereocenters. The Balaban J connectivity index is 1.37. The highest BCUT2D eigenvalue weighted by atomic mass is 32.2. The fraction of sp³-hybridized carbons (Fsp3) is 0.588. The van der Waals surface area contributed by atoms with Gasteiger partial charge in [0.15, 0.2) is 0 Å². The molecular weight excluding hydrogens is 370 g/mol. The molecule has 0 unspecified atom stereocenters. The van der Waals surface area contributed by atoms with Crippen molar-refractivity contribution in [1.29, 1.82) is 0 Å². The third kappa shape index (κ3) is 3.86. The van der Waals surface area contributed by atoms with Gasteiger partial charge < -0.3 is 0 Å². The van der Waals surface area contributed by atoms with E-state index in [1.807, 2.05) is 6.07 Å². The Morgan fingerprint density at radius 2 is 1.73 bits per heavy atom. The second kappa shape index (κ2) is 7.77. The van der Waals surface area contributed by atoms with Crippen LogP contribution in [0.4, 0.5) is 0 Å². The van der Waals surface area contributed by atoms with E-state index in [9.17, 15) is 8.42 Å². The van der Waals surface area contributed by atoms with Crippen LogP contribution in [0.3, 0.4) is 0 Å². The largest absolute Gasteiger partial charge is 0.297 e. The van der Waals surface area contributed by atoms with Crippen LogP contribution in [0.1, 0.15) is 24.1 Å². The summed E-state index contributed by atoms with van der Waals surface area (Å²) < 4.78 is 28.9. The molecule has 0 spiro atoms. The van der Waals surface area contributed by atoms with E-state index in [-0.39, 0.29) is 0 Å². The van der Waals surface area contributed by atoms with Crippen molar-refractivity contribution >= 4 is 21.5 Å². The molecule has 0 aromatic carbocycles. The third-order valence-electron chi connectivity index (χ3n) is 5.07. The molecule has 2 saturated heterocycles. The molecule has 2 aromatic rings. The van der Waals surface area contributed by atoms with Crippen molar-refractivity contribution in [2.24, 2.45) is 0 Å². The number of hydrogen-bond donors (Lipinski definition) is 1. The Hall–Kier alpha value is -1.26. The van der Waals surface area contributed by atoms with Gasteiger partial charge in [-0.1, -0.05) is 0 Å². The van der Waals surface area contributed by atoms with Crippen molar-refractivity contribution in [3.05, 3.63) is 29.3 Å². The molecule has 9 heteroatoms. The number of thiophene rings is 1. The maximum atomic E-state index is 12.8. The van der Waals surface area contributed by atoms with Gasteiger partial charge in [0, 0.05) is 50.3 Å². The van der Waals surface area contributed by atoms with Crippen LogP contribution in [0, 0.1) is 0 Å². The van der Waals surface area contributed by atoms with Gasteiger partial charge in [0.05, 0.1) is 10.6 Å². The van der Waals surface area contributed by atoms with Crippen molar-refractivity contribution in [2.45, 2.75) is 25.8 Å². The van der Waals surface area contributed by atoms with E-state index in [4.69, 9.17) is 0 Å². The summed E-state index contributed by atoms with van der Waals surface area (Å²) in [5.74, 6) is 0. The number of H-pyrrole nitrogens is 1. The van der Waals surface area contributed by atoms with Gasteiger partial charge in [-0.25, -0.2) is 0 Å². The summed E-state index contributed by atoms with van der Waals surface area (Å²) in [5, 5.41) is 7.00. The predicted octanol–water partition coefficient (Wildman–Crippen LogP) is 1.99. The molecule has 0 radical (unpaired) electrons. The monoisotopic (exact) mass is 395 g/mol. The summed E-state index contributed by atoms with van der Waals surface area (Å²) >= 11 is 1.76. The maximum absolute atomic E-state index is 12.8. The quantitative estimate of drug-likeness (QED) is 0.840. The molecule has 2 aromatic heterocycles. The molecule has 2 fully saturated rings. The zero-order valence-corrected chi connectivity index (χ0v) is 16.4. The topological polar surface area (TPSA) is 72.5 Å². The van der Waals surface area contributed by atoms with Gasteiger partial charge >= 0.3 is 0 Å². The van der Waals surface area contributed by atoms with Gasteiger partial charge in [-0.15, -0.1) is 11.3 Å². The first-order chi connectivity index (χ1) is 12.6. The molecule has 2 aliphatic heterocycles. The second-order valence-electron chi connectivity index (χ2n) is 6.88. The highest BCUT2D eigenvalue weighted by molar-refractivity contribution is 7.86. The Bertz CT molecular complexity index is 812. The SMILES string of the molecule is O=S(=O)(N1CCCC1)N1CCCN(Cc2ccc(-c3ccn[nH]3)s2)CC1. The van der Waals surface area contributed by atoms with E-state index in [1.54, 1.807) is 26.1 Å². The molecule has 1 N–H and O–H groups in total. The molecule has 0 amide bonds. The molecule has 26 heavy (non-hydrogen) atoms. The molecule has 4 rings (SSSR count). The normalized spacial score (nSPS) is 21.2. The number of rotatable bonds is 5. The number of nitrogens with one attached hydrogen (secondary N) is 1. The third-order valence-corrected chi connectivity index (χ3v) is 8.21. The van der Waals surface area contributed by atoms with Crippen molar-refractivity contribution in [1.82, 2.24) is 23.7 Å². The fourth-order valence-electron chi connectivity index (χ4n) is 3.64. The zero-order chi connectivity index (χ0) is 18.0. The Labute approximate surface area is 158 Å². The molecule has 2 aliphatic rings. The van der Waals surface area contributed by atoms with E-state index in [0.29, 0.717) is 26.2 Å². The lowest BCUT2D eigenvalue weighted by Gasteiger charge is -2.26. The van der Waals surface area contributed by atoms with Crippen molar-refractivity contribution in [3.63, 3.8) is 0 Å². The predicted molar refractivity (Wildman–Crippen MR) is 103 cm³/mol. The molecule has 0 bridgehead atoms. The lowest BCUT2D eigenvalue weighted by molar-refractivity contribution is 0.279. The summed E-state index contributed by atoms with van der Waals surface area (Å²) in [5.41, 5.74) is 1.04. The van der Waals surface area contributed by atoms with Gasteiger partial charge in [-0.2, -0.15) is 22.1 Å². The Morgan fingerprint density at radius 1 is 0.962 bits per heavy atom. The van der Waals surface area contributed by atoms with E-state index >= 15 is 0 Å². The highest BCUT2D eigenvalue weighted by Crippen LogP contribution is 2.27. The van der Waals surface area contributed by atoms with Crippen LogP contribution in [0.5, 0.6) is 0 Å². The number of aromatic amines is 1. The highest BCUT2D eigenvalue weighted by Gasteiger charge is 2.32. The first-order valence-corrected chi connectivity index (χ1v) is 11.4. The number of nitrogens with zero attached hydrogens (tertiary/aromatic N) is 4. The lowest BCUT2D eigenvalue weighted by Crippen LogP contribution is -2.44. The molecular formula is C17H25N5O2S2. The van der Waals surface area contributed by atoms with Crippen molar-refractivity contribution < 1.29 is 8.42 Å². The smallest absolute Gasteiger partial charge is 0.282 e. The Morgan fingerprint density at radius 3 is 2.50 bits per heavy atom. The summed E-state index contributed by atoms with van der Waals surface area (Å²) in [6, 6.07) is 6.25. The number of hydrogen-bond acceptors (Lipinski definition) is 5. The van der Waals surface area contributed by atoms with Crippen LogP contribution < -0.4 is 0 Å². The summed E-state index contributed by atoms with van der Waals surface area (Å²) in [6.45, 7) is 5.14. The lowest BCUT2D eigenvalue weighted by atomic mass is 10.3. The summed E-state index contributed by atoms with van der Waals surface area (Å²) in [4.78, 5) is 4.85. The molecule has 0 aliphatic carbocycles. The minimum Gasteiger partial charge on any atom is -0.297 e. The minimum atomic E-state index is -3.28. The van der Waals surface area contributed by atoms with Crippen LogP contribution in [0.25, 0.3) is 10.6 Å². The van der Waals surface area contributed by atoms with Gasteiger partial charge in [0.1, 0.15) is 0 Å². The van der Waals surface area contributed by atoms with Crippen molar-refractivity contribution in [2.75, 3.05) is 39.3 Å². The standard InChI is InChI=1S/C17H25N5O2S2/c23-26(24,21-9-1-2-10-21)22-11-3-8-20(12-13-22)14-15-4-5-17(25-15)16-6-7-18-19-16/h4-7H,1-3,8-14H2,(H,18,19). The first kappa shape index (κ1) is 18.1. The zero-order valence-electron chi connectivity index (χ0n) is 14.8. The Kier molecular flexibility index (Phi) is 5.42. The van der Waals surface area contributed by atoms with Crippen LogP contribution in [0.15, 0.2) is 24.4 Å². The first-order valence-electron chi connectivity index (χ1n) is 9.19. The summed E-state index contributed by atoms with van der Waals surface area (Å²) in [7, 11) is -3.28. The fourth-order valence-corrected chi connectivity index (χ4v) is 6.38. The molecule has 7 nitrogen and oxygen atoms in total. The van der Waals surface area contributed by atoms with Gasteiger partial charge in [-0.3, -0.25) is 10.00 Å². The van der Waals surface area contributed by atoms with Gasteiger partial charge in [-0.05, 0) is 44.0 Å². The maximum Gasteiger partial charge on any atom is 0.282 e. The van der Waals surface area contributed by atoms with Crippen LogP contribution >= 0.6 is 11.3 Å². The minimum absolute atomic E-state index is 0.581. The van der Waals surface area contributed by atoms with E-state index in [2.05, 4.69) is 27.2 Å². The van der Waals surface area contributed by atoms with Gasteiger partial charge in [0.2, 0.25) is 0 Å². The average molecular weight is 396 g/mol. The van der Waals surface area contributed by atoms with Crippen LogP contribution in [0.2, 0.25) is 0 Å². The second-order valence-corrected chi connectivity index (χ2v) is 9.98. The molecule has 142 valence electrons. The van der Waals surface area contributed by atoms with Crippen molar-refractivity contribution in [3.8, 4) is 10.6 Å². The van der Waals surface area contributed by atoms with Crippen LogP contribution in [-0.4, -0.2) is 71.4 Å². The van der Waals surface area contributed by atoms with Gasteiger partial charge in [0.25, 0.3) is 10.2 Å². The average Bonchev–Trinajstić information content (AvgIpc) is 3.36. The molecule has 0 saturated carbocycles. The summed E-state index contributed by atoms with van der Waals surface area (Å²) in [6.07, 6.45) is 4.61. The molecule has 4 heterocycles. The van der Waals surface area contributed by atoms with E-state index < -0.39 is 10.2 Å². The van der Waals surface area contributed by atoms with E-state index in [0.717, 1.165) is 44.6 Å². The van der Waals surface area contributed by atoms with Crippen LogP contribution in [-0.2, 0) is 16.8 Å². The van der Waals surface area contributed by atoms with E-state index in [1.165, 1.54) is 9.75 Å². The number of aromatic nitrogens is 2.